The first-order chi connectivity index (χ1) is 8.00. The van der Waals surface area contributed by atoms with Crippen LogP contribution in [0.15, 0.2) is 17.5 Å². The predicted molar refractivity (Wildman–Crippen MR) is 69.1 cm³/mol. The first kappa shape index (κ1) is 13.7. The van der Waals surface area contributed by atoms with Crippen LogP contribution >= 0.6 is 11.3 Å². The molecular formula is C12H18N2O2S. The maximum atomic E-state index is 11.5. The van der Waals surface area contributed by atoms with Crippen LogP contribution in [0.4, 0.5) is 0 Å². The number of carbonyl (C=O) groups is 2. The van der Waals surface area contributed by atoms with Crippen molar-refractivity contribution in [3.63, 3.8) is 0 Å². The molecular weight excluding hydrogens is 236 g/mol. The van der Waals surface area contributed by atoms with Crippen molar-refractivity contribution in [1.82, 2.24) is 10.6 Å². The van der Waals surface area contributed by atoms with Crippen LogP contribution in [-0.2, 0) is 4.79 Å². The summed E-state index contributed by atoms with van der Waals surface area (Å²) >= 11 is 1.36. The molecule has 2 N–H and O–H groups in total. The molecule has 1 atom stereocenters. The topological polar surface area (TPSA) is 58.2 Å². The SMILES string of the molecule is CC(C)C(C)NC(=O)CNC(=O)c1cccs1. The Morgan fingerprint density at radius 3 is 2.59 bits per heavy atom. The normalized spacial score (nSPS) is 12.2. The van der Waals surface area contributed by atoms with Crippen molar-refractivity contribution in [2.45, 2.75) is 26.8 Å². The lowest BCUT2D eigenvalue weighted by atomic mass is 10.1. The van der Waals surface area contributed by atoms with Crippen molar-refractivity contribution in [3.8, 4) is 0 Å². The van der Waals surface area contributed by atoms with Crippen LogP contribution in [0.1, 0.15) is 30.4 Å². The van der Waals surface area contributed by atoms with Gasteiger partial charge in [0.1, 0.15) is 0 Å². The van der Waals surface area contributed by atoms with Gasteiger partial charge in [-0.3, -0.25) is 9.59 Å². The highest BCUT2D eigenvalue weighted by atomic mass is 32.1. The highest BCUT2D eigenvalue weighted by Crippen LogP contribution is 2.07. The number of hydrogen-bond acceptors (Lipinski definition) is 3. The van der Waals surface area contributed by atoms with E-state index in [1.54, 1.807) is 12.1 Å². The van der Waals surface area contributed by atoms with Crippen LogP contribution < -0.4 is 10.6 Å². The molecule has 94 valence electrons. The fourth-order valence-corrected chi connectivity index (χ4v) is 1.77. The molecule has 0 aliphatic rings. The third kappa shape index (κ3) is 4.56. The average Bonchev–Trinajstić information content (AvgIpc) is 2.79. The molecule has 4 nitrogen and oxygen atoms in total. The number of thiophene rings is 1. The Morgan fingerprint density at radius 2 is 2.06 bits per heavy atom. The van der Waals surface area contributed by atoms with Crippen LogP contribution in [0.2, 0.25) is 0 Å². The molecule has 0 spiro atoms. The minimum Gasteiger partial charge on any atom is -0.352 e. The summed E-state index contributed by atoms with van der Waals surface area (Å²) in [6.45, 7) is 6.04. The first-order valence-corrected chi connectivity index (χ1v) is 6.49. The Labute approximate surface area is 105 Å². The Morgan fingerprint density at radius 1 is 1.35 bits per heavy atom. The molecule has 0 bridgehead atoms. The molecule has 1 unspecified atom stereocenters. The van der Waals surface area contributed by atoms with Crippen LogP contribution in [0, 0.1) is 5.92 Å². The molecule has 0 aliphatic heterocycles. The molecule has 0 aromatic carbocycles. The van der Waals surface area contributed by atoms with Gasteiger partial charge in [0, 0.05) is 6.04 Å². The molecule has 0 radical (unpaired) electrons. The van der Waals surface area contributed by atoms with Gasteiger partial charge in [0.25, 0.3) is 5.91 Å². The molecule has 2 amide bonds. The fraction of sp³-hybridized carbons (Fsp3) is 0.500. The zero-order valence-corrected chi connectivity index (χ0v) is 11.1. The summed E-state index contributed by atoms with van der Waals surface area (Å²) < 4.78 is 0. The second kappa shape index (κ2) is 6.39. The summed E-state index contributed by atoms with van der Waals surface area (Å²) in [5.74, 6) is 0.0235. The Bertz CT molecular complexity index is 374. The molecule has 1 aromatic rings. The molecule has 5 heteroatoms. The lowest BCUT2D eigenvalue weighted by Gasteiger charge is -2.17. The van der Waals surface area contributed by atoms with E-state index in [1.165, 1.54) is 11.3 Å². The Hall–Kier alpha value is -1.36. The molecule has 1 aromatic heterocycles. The van der Waals surface area contributed by atoms with Gasteiger partial charge in [-0.2, -0.15) is 0 Å². The summed E-state index contributed by atoms with van der Waals surface area (Å²) in [4.78, 5) is 23.7. The summed E-state index contributed by atoms with van der Waals surface area (Å²) in [7, 11) is 0. The van der Waals surface area contributed by atoms with E-state index in [2.05, 4.69) is 10.6 Å². The van der Waals surface area contributed by atoms with Crippen LogP contribution in [-0.4, -0.2) is 24.4 Å². The summed E-state index contributed by atoms with van der Waals surface area (Å²) in [5.41, 5.74) is 0. The number of nitrogens with one attached hydrogen (secondary N) is 2. The number of hydrogen-bond donors (Lipinski definition) is 2. The molecule has 17 heavy (non-hydrogen) atoms. The fourth-order valence-electron chi connectivity index (χ4n) is 1.13. The zero-order chi connectivity index (χ0) is 12.8. The molecule has 0 saturated heterocycles. The van der Waals surface area contributed by atoms with E-state index in [1.807, 2.05) is 26.2 Å². The highest BCUT2D eigenvalue weighted by Gasteiger charge is 2.12. The quantitative estimate of drug-likeness (QED) is 0.839. The van der Waals surface area contributed by atoms with Gasteiger partial charge < -0.3 is 10.6 Å². The van der Waals surface area contributed by atoms with Crippen molar-refractivity contribution in [1.29, 1.82) is 0 Å². The van der Waals surface area contributed by atoms with Crippen LogP contribution in [0.25, 0.3) is 0 Å². The van der Waals surface area contributed by atoms with Crippen molar-refractivity contribution in [2.24, 2.45) is 5.92 Å². The average molecular weight is 254 g/mol. The van der Waals surface area contributed by atoms with Gasteiger partial charge in [0.05, 0.1) is 11.4 Å². The monoisotopic (exact) mass is 254 g/mol. The van der Waals surface area contributed by atoms with E-state index in [-0.39, 0.29) is 24.4 Å². The molecule has 0 saturated carbocycles. The summed E-state index contributed by atoms with van der Waals surface area (Å²) in [5, 5.41) is 7.25. The van der Waals surface area contributed by atoms with Gasteiger partial charge in [-0.25, -0.2) is 0 Å². The minimum atomic E-state index is -0.202. The van der Waals surface area contributed by atoms with Gasteiger partial charge in [0.2, 0.25) is 5.91 Å². The second-order valence-corrected chi connectivity index (χ2v) is 5.21. The Kier molecular flexibility index (Phi) is 5.15. The van der Waals surface area contributed by atoms with Gasteiger partial charge in [0.15, 0.2) is 0 Å². The van der Waals surface area contributed by atoms with Crippen molar-refractivity contribution in [2.75, 3.05) is 6.54 Å². The van der Waals surface area contributed by atoms with Crippen LogP contribution in [0.5, 0.6) is 0 Å². The number of amides is 2. The third-order valence-corrected chi connectivity index (χ3v) is 3.41. The van der Waals surface area contributed by atoms with E-state index >= 15 is 0 Å². The largest absolute Gasteiger partial charge is 0.352 e. The Balaban J connectivity index is 2.31. The van der Waals surface area contributed by atoms with E-state index in [0.29, 0.717) is 10.8 Å². The van der Waals surface area contributed by atoms with Crippen molar-refractivity contribution < 1.29 is 9.59 Å². The second-order valence-electron chi connectivity index (χ2n) is 4.26. The highest BCUT2D eigenvalue weighted by molar-refractivity contribution is 7.12. The standard InChI is InChI=1S/C12H18N2O2S/c1-8(2)9(3)14-11(15)7-13-12(16)10-5-4-6-17-10/h4-6,8-9H,7H2,1-3H3,(H,13,16)(H,14,15). The van der Waals surface area contributed by atoms with E-state index in [0.717, 1.165) is 0 Å². The summed E-state index contributed by atoms with van der Waals surface area (Å²) in [6.07, 6.45) is 0. The van der Waals surface area contributed by atoms with Crippen molar-refractivity contribution in [3.05, 3.63) is 22.4 Å². The smallest absolute Gasteiger partial charge is 0.261 e. The maximum Gasteiger partial charge on any atom is 0.261 e. The molecule has 1 rings (SSSR count). The lowest BCUT2D eigenvalue weighted by molar-refractivity contribution is -0.121. The van der Waals surface area contributed by atoms with Gasteiger partial charge >= 0.3 is 0 Å². The molecule has 0 fully saturated rings. The van der Waals surface area contributed by atoms with E-state index in [9.17, 15) is 9.59 Å². The number of rotatable bonds is 5. The first-order valence-electron chi connectivity index (χ1n) is 5.61. The minimum absolute atomic E-state index is 0.0216. The van der Waals surface area contributed by atoms with Crippen molar-refractivity contribution >= 4 is 23.2 Å². The van der Waals surface area contributed by atoms with Gasteiger partial charge in [-0.1, -0.05) is 19.9 Å². The summed E-state index contributed by atoms with van der Waals surface area (Å²) in [6, 6.07) is 3.65. The molecule has 1 heterocycles. The van der Waals surface area contributed by atoms with Gasteiger partial charge in [-0.05, 0) is 24.3 Å². The van der Waals surface area contributed by atoms with E-state index in [4.69, 9.17) is 0 Å². The predicted octanol–water partition coefficient (Wildman–Crippen LogP) is 1.64. The maximum absolute atomic E-state index is 11.5. The van der Waals surface area contributed by atoms with Crippen LogP contribution in [0.3, 0.4) is 0 Å². The number of carbonyl (C=O) groups excluding carboxylic acids is 2. The zero-order valence-electron chi connectivity index (χ0n) is 10.3. The third-order valence-electron chi connectivity index (χ3n) is 2.54. The lowest BCUT2D eigenvalue weighted by Crippen LogP contribution is -2.42. The molecule has 0 aliphatic carbocycles. The van der Waals surface area contributed by atoms with Gasteiger partial charge in [-0.15, -0.1) is 11.3 Å². The van der Waals surface area contributed by atoms with E-state index < -0.39 is 0 Å².